The molecule has 1 aromatic heterocycles. The Bertz CT molecular complexity index is 1280. The number of carboxylic acids is 1. The molecule has 0 fully saturated rings. The molecule has 9 nitrogen and oxygen atoms in total. The first kappa shape index (κ1) is 33.5. The van der Waals surface area contributed by atoms with E-state index in [1.165, 1.54) is 23.3 Å². The Morgan fingerprint density at radius 2 is 1.62 bits per heavy atom. The van der Waals surface area contributed by atoms with E-state index in [2.05, 4.69) is 27.2 Å². The number of benzene rings is 1. The van der Waals surface area contributed by atoms with E-state index < -0.39 is 35.6 Å². The number of hydrogen-bond acceptors (Lipinski definition) is 7. The Kier molecular flexibility index (Phi) is 11.3. The van der Waals surface area contributed by atoms with Gasteiger partial charge in [-0.25, -0.2) is 20.0 Å². The zero-order chi connectivity index (χ0) is 30.9. The monoisotopic (exact) mass is 573 g/mol. The third-order valence-corrected chi connectivity index (χ3v) is 4.09. The molecule has 0 aliphatic heterocycles. The van der Waals surface area contributed by atoms with E-state index in [0.717, 1.165) is 12.1 Å². The fraction of sp³-hybridized carbons (Fsp3) is 0.400. The second kappa shape index (κ2) is 13.5. The lowest BCUT2D eigenvalue weighted by Gasteiger charge is -2.28. The maximum Gasteiger partial charge on any atom is 0.490 e. The van der Waals surface area contributed by atoms with Crippen LogP contribution >= 0.6 is 0 Å². The largest absolute Gasteiger partial charge is 0.490 e. The molecule has 0 aliphatic rings. The molecule has 0 radical (unpaired) electrons. The molecule has 216 valence electrons. The van der Waals surface area contributed by atoms with Crippen molar-refractivity contribution in [2.75, 3.05) is 11.6 Å². The molecule has 2 N–H and O–H groups in total. The van der Waals surface area contributed by atoms with Crippen LogP contribution in [0.4, 0.5) is 37.0 Å². The Labute approximate surface area is 225 Å². The summed E-state index contributed by atoms with van der Waals surface area (Å²) in [6.07, 6.45) is -8.92. The number of anilines is 1. The van der Waals surface area contributed by atoms with E-state index in [4.69, 9.17) is 14.6 Å². The van der Waals surface area contributed by atoms with E-state index in [9.17, 15) is 36.4 Å². The number of carbonyl (C=O) groups excluding carboxylic acids is 1. The van der Waals surface area contributed by atoms with Gasteiger partial charge in [0, 0.05) is 18.3 Å². The summed E-state index contributed by atoms with van der Waals surface area (Å²) >= 11 is 0. The molecule has 0 atom stereocenters. The van der Waals surface area contributed by atoms with Crippen molar-refractivity contribution in [1.82, 2.24) is 15.4 Å². The van der Waals surface area contributed by atoms with Crippen molar-refractivity contribution in [3.63, 3.8) is 0 Å². The summed E-state index contributed by atoms with van der Waals surface area (Å²) in [6.45, 7) is 9.32. The van der Waals surface area contributed by atoms with Gasteiger partial charge in [-0.15, -0.1) is 0 Å². The molecular formula is C25H25F6N5O4. The minimum absolute atomic E-state index is 0.0798. The van der Waals surface area contributed by atoms with Gasteiger partial charge in [-0.2, -0.15) is 36.6 Å². The SMILES string of the molecule is CC(C)CN(NC(=O)OC(C)(C)C)c1nc(C#N)ncc1C#Cc1ccc(C(F)(F)F)cc1.O=C(O)C(F)(F)F. The summed E-state index contributed by atoms with van der Waals surface area (Å²) in [7, 11) is 0. The number of rotatable bonds is 4. The number of halogens is 6. The average molecular weight is 573 g/mol. The highest BCUT2D eigenvalue weighted by Gasteiger charge is 2.38. The van der Waals surface area contributed by atoms with Gasteiger partial charge in [0.15, 0.2) is 5.82 Å². The number of hydrogen-bond donors (Lipinski definition) is 2. The standard InChI is InChI=1S/C23H24F3N5O2.C2HF3O2/c1-15(2)14-31(30-21(32)33-22(3,4)5)20-17(13-28-19(12-27)29-20)9-6-16-7-10-18(11-8-16)23(24,25)26;3-2(4,5)1(6)7/h7-8,10-11,13,15H,14H2,1-5H3,(H,30,32);(H,6,7). The normalized spacial score (nSPS) is 11.3. The molecule has 0 saturated carbocycles. The number of aliphatic carboxylic acids is 1. The number of nitrogens with one attached hydrogen (secondary N) is 1. The lowest BCUT2D eigenvalue weighted by molar-refractivity contribution is -0.192. The first-order chi connectivity index (χ1) is 18.2. The van der Waals surface area contributed by atoms with Gasteiger partial charge in [0.2, 0.25) is 5.82 Å². The number of carboxylic acid groups (broad SMARTS) is 1. The van der Waals surface area contributed by atoms with Crippen molar-refractivity contribution in [3.8, 4) is 17.9 Å². The zero-order valence-electron chi connectivity index (χ0n) is 21.9. The molecule has 2 rings (SSSR count). The lowest BCUT2D eigenvalue weighted by Crippen LogP contribution is -2.47. The van der Waals surface area contributed by atoms with Crippen molar-refractivity contribution >= 4 is 17.9 Å². The summed E-state index contributed by atoms with van der Waals surface area (Å²) in [6, 6.07) is 6.23. The van der Waals surface area contributed by atoms with Crippen LogP contribution in [0.3, 0.4) is 0 Å². The maximum atomic E-state index is 12.8. The van der Waals surface area contributed by atoms with Gasteiger partial charge in [0.25, 0.3) is 0 Å². The molecule has 0 bridgehead atoms. The van der Waals surface area contributed by atoms with E-state index in [0.29, 0.717) is 12.1 Å². The molecule has 1 heterocycles. The minimum atomic E-state index is -5.08. The van der Waals surface area contributed by atoms with Crippen LogP contribution in [-0.2, 0) is 15.7 Å². The van der Waals surface area contributed by atoms with E-state index in [1.807, 2.05) is 19.9 Å². The number of nitriles is 1. The molecule has 1 aromatic carbocycles. The molecule has 15 heteroatoms. The smallest absolute Gasteiger partial charge is 0.475 e. The highest BCUT2D eigenvalue weighted by molar-refractivity contribution is 5.73. The minimum Gasteiger partial charge on any atom is -0.475 e. The summed E-state index contributed by atoms with van der Waals surface area (Å²) < 4.78 is 75.3. The predicted octanol–water partition coefficient (Wildman–Crippen LogP) is 5.30. The molecule has 40 heavy (non-hydrogen) atoms. The van der Waals surface area contributed by atoms with E-state index in [-0.39, 0.29) is 23.1 Å². The average Bonchev–Trinajstić information content (AvgIpc) is 2.80. The van der Waals surface area contributed by atoms with E-state index >= 15 is 0 Å². The highest BCUT2D eigenvalue weighted by Crippen LogP contribution is 2.29. The third-order valence-electron chi connectivity index (χ3n) is 4.09. The van der Waals surface area contributed by atoms with Crippen LogP contribution in [0.15, 0.2) is 30.5 Å². The molecule has 0 unspecified atom stereocenters. The third kappa shape index (κ3) is 11.9. The van der Waals surface area contributed by atoms with Crippen molar-refractivity contribution in [2.45, 2.75) is 52.6 Å². The van der Waals surface area contributed by atoms with Crippen LogP contribution in [0.2, 0.25) is 0 Å². The maximum absolute atomic E-state index is 12.8. The van der Waals surface area contributed by atoms with E-state index in [1.54, 1.807) is 20.8 Å². The van der Waals surface area contributed by atoms with Crippen molar-refractivity contribution in [2.24, 2.45) is 5.92 Å². The number of hydrazine groups is 1. The fourth-order valence-electron chi connectivity index (χ4n) is 2.56. The van der Waals surface area contributed by atoms with Gasteiger partial charge in [0.05, 0.1) is 11.1 Å². The molecule has 0 aliphatic carbocycles. The summed E-state index contributed by atoms with van der Waals surface area (Å²) in [5, 5.41) is 17.8. The fourth-order valence-corrected chi connectivity index (χ4v) is 2.56. The number of nitrogens with zero attached hydrogens (tertiary/aromatic N) is 4. The molecule has 2 aromatic rings. The summed E-state index contributed by atoms with van der Waals surface area (Å²) in [5.74, 6) is 2.94. The van der Waals surface area contributed by atoms with Crippen LogP contribution in [-0.4, -0.2) is 45.5 Å². The predicted molar refractivity (Wildman–Crippen MR) is 129 cm³/mol. The van der Waals surface area contributed by atoms with Gasteiger partial charge in [-0.1, -0.05) is 25.7 Å². The second-order valence-electron chi connectivity index (χ2n) is 9.29. The first-order valence-corrected chi connectivity index (χ1v) is 11.3. The summed E-state index contributed by atoms with van der Waals surface area (Å²) in [4.78, 5) is 29.4. The van der Waals surface area contributed by atoms with Crippen LogP contribution in [0.25, 0.3) is 0 Å². The van der Waals surface area contributed by atoms with Crippen LogP contribution in [0.5, 0.6) is 0 Å². The van der Waals surface area contributed by atoms with Gasteiger partial charge in [-0.05, 0) is 51.0 Å². The summed E-state index contributed by atoms with van der Waals surface area (Å²) in [5.41, 5.74) is 1.71. The van der Waals surface area contributed by atoms with Crippen molar-refractivity contribution in [1.29, 1.82) is 5.26 Å². The van der Waals surface area contributed by atoms with Gasteiger partial charge in [0.1, 0.15) is 11.7 Å². The molecule has 1 amide bonds. The van der Waals surface area contributed by atoms with Crippen LogP contribution in [0.1, 0.15) is 57.1 Å². The Morgan fingerprint density at radius 3 is 2.05 bits per heavy atom. The first-order valence-electron chi connectivity index (χ1n) is 11.3. The van der Waals surface area contributed by atoms with Crippen LogP contribution in [0, 0.1) is 29.1 Å². The second-order valence-corrected chi connectivity index (χ2v) is 9.29. The topological polar surface area (TPSA) is 128 Å². The number of carbonyl (C=O) groups is 2. The number of ether oxygens (including phenoxy) is 1. The number of alkyl halides is 6. The Morgan fingerprint density at radius 1 is 1.07 bits per heavy atom. The number of amides is 1. The van der Waals surface area contributed by atoms with Crippen LogP contribution < -0.4 is 10.4 Å². The zero-order valence-corrected chi connectivity index (χ0v) is 21.9. The molecule has 0 spiro atoms. The Balaban J connectivity index is 0.00000101. The van der Waals surface area contributed by atoms with Crippen molar-refractivity contribution < 1.29 is 45.8 Å². The Hall–Kier alpha value is -4.53. The van der Waals surface area contributed by atoms with Gasteiger partial charge in [-0.3, -0.25) is 5.01 Å². The number of aromatic nitrogens is 2. The molecule has 0 saturated heterocycles. The van der Waals surface area contributed by atoms with Gasteiger partial charge < -0.3 is 9.84 Å². The van der Waals surface area contributed by atoms with Crippen molar-refractivity contribution in [3.05, 3.63) is 53.0 Å². The lowest BCUT2D eigenvalue weighted by atomic mass is 10.1. The molecular weight excluding hydrogens is 548 g/mol. The van der Waals surface area contributed by atoms with Gasteiger partial charge >= 0.3 is 24.4 Å². The highest BCUT2D eigenvalue weighted by atomic mass is 19.4. The quantitative estimate of drug-likeness (QED) is 0.287.